The number of aryl methyl sites for hydroxylation is 1. The van der Waals surface area contributed by atoms with Gasteiger partial charge in [-0.25, -0.2) is 0 Å². The van der Waals surface area contributed by atoms with Crippen LogP contribution in [0.4, 0.5) is 0 Å². The first-order valence-electron chi connectivity index (χ1n) is 6.87. The summed E-state index contributed by atoms with van der Waals surface area (Å²) in [4.78, 5) is 16.1. The fourth-order valence-electron chi connectivity index (χ4n) is 2.15. The number of hydrogen-bond donors (Lipinski definition) is 1. The monoisotopic (exact) mass is 272 g/mol. The smallest absolute Gasteiger partial charge is 0.322 e. The number of nitrogens with zero attached hydrogens (tertiary/aromatic N) is 1. The molecule has 1 heterocycles. The Hall–Kier alpha value is -1.94. The molecule has 4 nitrogen and oxygen atoms in total. The summed E-state index contributed by atoms with van der Waals surface area (Å²) in [5.41, 5.74) is 3.10. The molecule has 0 bridgehead atoms. The van der Waals surface area contributed by atoms with Gasteiger partial charge in [0.2, 0.25) is 0 Å². The molecular weight excluding hydrogens is 252 g/mol. The van der Waals surface area contributed by atoms with Gasteiger partial charge in [-0.1, -0.05) is 18.2 Å². The maximum absolute atomic E-state index is 11.6. The molecule has 0 saturated heterocycles. The number of pyridine rings is 1. The number of carbonyl (C=O) groups is 1. The largest absolute Gasteiger partial charge is 0.465 e. The summed E-state index contributed by atoms with van der Waals surface area (Å²) in [6.45, 7) is 6.62. The molecule has 0 aliphatic heterocycles. The quantitative estimate of drug-likeness (QED) is 0.850. The van der Waals surface area contributed by atoms with Crippen LogP contribution in [0.15, 0.2) is 30.3 Å². The minimum Gasteiger partial charge on any atom is -0.465 e. The van der Waals surface area contributed by atoms with Crippen LogP contribution in [0.25, 0.3) is 10.9 Å². The first-order valence-corrected chi connectivity index (χ1v) is 6.87. The number of carbonyl (C=O) groups excluding carboxylic acids is 1. The highest BCUT2D eigenvalue weighted by molar-refractivity contribution is 5.82. The van der Waals surface area contributed by atoms with Gasteiger partial charge in [0.05, 0.1) is 12.1 Å². The predicted molar refractivity (Wildman–Crippen MR) is 79.4 cm³/mol. The molecule has 2 aromatic rings. The number of nitrogens with one attached hydrogen (secondary N) is 1. The number of ether oxygens (including phenoxy) is 1. The van der Waals surface area contributed by atoms with E-state index in [-0.39, 0.29) is 12.0 Å². The van der Waals surface area contributed by atoms with E-state index in [9.17, 15) is 4.79 Å². The van der Waals surface area contributed by atoms with Crippen LogP contribution >= 0.6 is 0 Å². The second-order valence-electron chi connectivity index (χ2n) is 4.79. The number of benzene rings is 1. The Morgan fingerprint density at radius 2 is 2.15 bits per heavy atom. The summed E-state index contributed by atoms with van der Waals surface area (Å²) in [5.74, 6) is -0.220. The summed E-state index contributed by atoms with van der Waals surface area (Å²) >= 11 is 0. The standard InChI is InChI=1S/C16H20N2O2/c1-4-20-16(19)12(3)17-10-13-9-11(2)18-15-8-6-5-7-14(13)15/h5-9,12,17H,4,10H2,1-3H3. The zero-order valence-electron chi connectivity index (χ0n) is 12.1. The molecule has 1 atom stereocenters. The minimum absolute atomic E-state index is 0.220. The molecule has 0 aliphatic rings. The summed E-state index contributed by atoms with van der Waals surface area (Å²) in [6, 6.07) is 9.76. The molecule has 106 valence electrons. The van der Waals surface area contributed by atoms with Crippen molar-refractivity contribution in [1.82, 2.24) is 10.3 Å². The van der Waals surface area contributed by atoms with Crippen LogP contribution in [0.2, 0.25) is 0 Å². The van der Waals surface area contributed by atoms with E-state index >= 15 is 0 Å². The average Bonchev–Trinajstić information content (AvgIpc) is 2.44. The average molecular weight is 272 g/mol. The lowest BCUT2D eigenvalue weighted by atomic mass is 10.1. The number of fused-ring (bicyclic) bond motifs is 1. The molecule has 1 N–H and O–H groups in total. The van der Waals surface area contributed by atoms with Crippen molar-refractivity contribution < 1.29 is 9.53 Å². The molecule has 0 spiro atoms. The van der Waals surface area contributed by atoms with E-state index in [2.05, 4.69) is 10.3 Å². The molecule has 4 heteroatoms. The Morgan fingerprint density at radius 3 is 2.90 bits per heavy atom. The van der Waals surface area contributed by atoms with Crippen molar-refractivity contribution in [2.75, 3.05) is 6.61 Å². The molecule has 0 aliphatic carbocycles. The van der Waals surface area contributed by atoms with Crippen LogP contribution in [-0.2, 0) is 16.1 Å². The second-order valence-corrected chi connectivity index (χ2v) is 4.79. The molecular formula is C16H20N2O2. The van der Waals surface area contributed by atoms with Gasteiger partial charge in [0.1, 0.15) is 6.04 Å². The maximum Gasteiger partial charge on any atom is 0.322 e. The summed E-state index contributed by atoms with van der Waals surface area (Å²) in [5, 5.41) is 4.31. The normalized spacial score (nSPS) is 12.3. The summed E-state index contributed by atoms with van der Waals surface area (Å²) in [7, 11) is 0. The molecule has 20 heavy (non-hydrogen) atoms. The highest BCUT2D eigenvalue weighted by Crippen LogP contribution is 2.18. The van der Waals surface area contributed by atoms with Gasteiger partial charge < -0.3 is 10.1 Å². The van der Waals surface area contributed by atoms with E-state index in [1.54, 1.807) is 0 Å². The van der Waals surface area contributed by atoms with Gasteiger partial charge in [-0.2, -0.15) is 0 Å². The van der Waals surface area contributed by atoms with E-state index in [1.165, 1.54) is 0 Å². The predicted octanol–water partition coefficient (Wildman–Crippen LogP) is 2.58. The van der Waals surface area contributed by atoms with Gasteiger partial charge in [0.15, 0.2) is 0 Å². The van der Waals surface area contributed by atoms with Crippen LogP contribution < -0.4 is 5.32 Å². The SMILES string of the molecule is CCOC(=O)C(C)NCc1cc(C)nc2ccccc12. The number of rotatable bonds is 5. The lowest BCUT2D eigenvalue weighted by Gasteiger charge is -2.14. The van der Waals surface area contributed by atoms with E-state index in [0.717, 1.165) is 22.2 Å². The Morgan fingerprint density at radius 1 is 1.40 bits per heavy atom. The molecule has 1 unspecified atom stereocenters. The van der Waals surface area contributed by atoms with E-state index in [4.69, 9.17) is 4.74 Å². The van der Waals surface area contributed by atoms with Crippen LogP contribution in [0.5, 0.6) is 0 Å². The number of hydrogen-bond acceptors (Lipinski definition) is 4. The van der Waals surface area contributed by atoms with Crippen molar-refractivity contribution in [2.24, 2.45) is 0 Å². The van der Waals surface area contributed by atoms with Gasteiger partial charge in [-0.05, 0) is 38.5 Å². The maximum atomic E-state index is 11.6. The Balaban J connectivity index is 2.15. The molecule has 0 amide bonds. The topological polar surface area (TPSA) is 51.2 Å². The number of aromatic nitrogens is 1. The molecule has 0 fully saturated rings. The second kappa shape index (κ2) is 6.48. The van der Waals surface area contributed by atoms with Crippen LogP contribution in [-0.4, -0.2) is 23.6 Å². The Bertz CT molecular complexity index is 610. The van der Waals surface area contributed by atoms with Crippen molar-refractivity contribution in [3.8, 4) is 0 Å². The molecule has 1 aromatic carbocycles. The Labute approximate surface area is 119 Å². The lowest BCUT2D eigenvalue weighted by Crippen LogP contribution is -2.35. The van der Waals surface area contributed by atoms with E-state index in [0.29, 0.717) is 13.2 Å². The summed E-state index contributed by atoms with van der Waals surface area (Å²) < 4.78 is 4.99. The highest BCUT2D eigenvalue weighted by Gasteiger charge is 2.13. The van der Waals surface area contributed by atoms with Gasteiger partial charge in [0.25, 0.3) is 0 Å². The number of para-hydroxylation sites is 1. The third kappa shape index (κ3) is 3.33. The van der Waals surface area contributed by atoms with E-state index in [1.807, 2.05) is 51.1 Å². The first-order chi connectivity index (χ1) is 9.61. The van der Waals surface area contributed by atoms with Gasteiger partial charge >= 0.3 is 5.97 Å². The van der Waals surface area contributed by atoms with Gasteiger partial charge in [0, 0.05) is 17.6 Å². The van der Waals surface area contributed by atoms with Crippen LogP contribution in [0, 0.1) is 6.92 Å². The Kier molecular flexibility index (Phi) is 4.69. The summed E-state index contributed by atoms with van der Waals surface area (Å²) in [6.07, 6.45) is 0. The molecule has 0 saturated carbocycles. The van der Waals surface area contributed by atoms with Crippen molar-refractivity contribution in [3.63, 3.8) is 0 Å². The third-order valence-electron chi connectivity index (χ3n) is 3.17. The highest BCUT2D eigenvalue weighted by atomic mass is 16.5. The van der Waals surface area contributed by atoms with E-state index < -0.39 is 0 Å². The van der Waals surface area contributed by atoms with Crippen molar-refractivity contribution >= 4 is 16.9 Å². The van der Waals surface area contributed by atoms with Crippen LogP contribution in [0.3, 0.4) is 0 Å². The fraction of sp³-hybridized carbons (Fsp3) is 0.375. The lowest BCUT2D eigenvalue weighted by molar-refractivity contribution is -0.145. The van der Waals surface area contributed by atoms with Crippen molar-refractivity contribution in [2.45, 2.75) is 33.4 Å². The molecule has 0 radical (unpaired) electrons. The minimum atomic E-state index is -0.317. The molecule has 2 rings (SSSR count). The number of esters is 1. The van der Waals surface area contributed by atoms with Crippen molar-refractivity contribution in [3.05, 3.63) is 41.6 Å². The van der Waals surface area contributed by atoms with Gasteiger partial charge in [-0.3, -0.25) is 9.78 Å². The third-order valence-corrected chi connectivity index (χ3v) is 3.17. The van der Waals surface area contributed by atoms with Gasteiger partial charge in [-0.15, -0.1) is 0 Å². The van der Waals surface area contributed by atoms with Crippen LogP contribution in [0.1, 0.15) is 25.1 Å². The fourth-order valence-corrected chi connectivity index (χ4v) is 2.15. The zero-order chi connectivity index (χ0) is 14.5. The first kappa shape index (κ1) is 14.5. The zero-order valence-corrected chi connectivity index (χ0v) is 12.1. The molecule has 1 aromatic heterocycles. The van der Waals surface area contributed by atoms with Crippen molar-refractivity contribution in [1.29, 1.82) is 0 Å².